The molecule has 7 heteroatoms. The second-order valence-corrected chi connectivity index (χ2v) is 4.86. The molecule has 22 heavy (non-hydrogen) atoms. The molecule has 0 bridgehead atoms. The van der Waals surface area contributed by atoms with Crippen LogP contribution in [0.3, 0.4) is 0 Å². The van der Waals surface area contributed by atoms with E-state index in [-0.39, 0.29) is 18.1 Å². The minimum absolute atomic E-state index is 0.122. The van der Waals surface area contributed by atoms with Gasteiger partial charge in [-0.3, -0.25) is 4.79 Å². The van der Waals surface area contributed by atoms with Crippen molar-refractivity contribution in [1.29, 1.82) is 0 Å². The molecule has 0 fully saturated rings. The Hall–Kier alpha value is -2.41. The number of benzene rings is 1. The SMILES string of the molecule is CCOC(=O)c1cnc(SC)nc1Oc1ccc(C=O)cc1. The maximum absolute atomic E-state index is 11.9. The molecule has 0 saturated carbocycles. The third-order valence-electron chi connectivity index (χ3n) is 2.64. The fourth-order valence-corrected chi connectivity index (χ4v) is 1.93. The van der Waals surface area contributed by atoms with E-state index in [9.17, 15) is 9.59 Å². The zero-order valence-corrected chi connectivity index (χ0v) is 12.9. The maximum Gasteiger partial charge on any atom is 0.345 e. The maximum atomic E-state index is 11.9. The highest BCUT2D eigenvalue weighted by molar-refractivity contribution is 7.98. The average molecular weight is 318 g/mol. The van der Waals surface area contributed by atoms with Crippen LogP contribution < -0.4 is 4.74 Å². The van der Waals surface area contributed by atoms with Crippen molar-refractivity contribution in [3.05, 3.63) is 41.6 Å². The standard InChI is InChI=1S/C15H14N2O4S/c1-3-20-14(19)12-8-16-15(22-2)17-13(12)21-11-6-4-10(9-18)5-7-11/h4-9H,3H2,1-2H3. The van der Waals surface area contributed by atoms with Gasteiger partial charge in [-0.15, -0.1) is 0 Å². The first-order chi connectivity index (χ1) is 10.7. The molecule has 2 rings (SSSR count). The van der Waals surface area contributed by atoms with Gasteiger partial charge in [0.25, 0.3) is 0 Å². The molecule has 0 unspecified atom stereocenters. The molecule has 0 atom stereocenters. The van der Waals surface area contributed by atoms with Crippen molar-refractivity contribution >= 4 is 24.0 Å². The van der Waals surface area contributed by atoms with Crippen molar-refractivity contribution in [3.63, 3.8) is 0 Å². The minimum atomic E-state index is -0.547. The van der Waals surface area contributed by atoms with E-state index in [1.54, 1.807) is 31.2 Å². The Morgan fingerprint density at radius 2 is 2.05 bits per heavy atom. The smallest absolute Gasteiger partial charge is 0.345 e. The number of carbonyl (C=O) groups excluding carboxylic acids is 2. The molecule has 2 aromatic rings. The van der Waals surface area contributed by atoms with Crippen LogP contribution in [0.5, 0.6) is 11.6 Å². The van der Waals surface area contributed by atoms with E-state index in [1.807, 2.05) is 6.26 Å². The Balaban J connectivity index is 2.33. The highest BCUT2D eigenvalue weighted by atomic mass is 32.2. The van der Waals surface area contributed by atoms with E-state index in [0.29, 0.717) is 16.5 Å². The number of carbonyl (C=O) groups is 2. The van der Waals surface area contributed by atoms with Crippen molar-refractivity contribution in [2.75, 3.05) is 12.9 Å². The quantitative estimate of drug-likeness (QED) is 0.350. The Labute approximate surface area is 131 Å². The summed E-state index contributed by atoms with van der Waals surface area (Å²) in [6.07, 6.45) is 3.94. The summed E-state index contributed by atoms with van der Waals surface area (Å²) in [5.41, 5.74) is 0.685. The largest absolute Gasteiger partial charge is 0.462 e. The number of thioether (sulfide) groups is 1. The van der Waals surface area contributed by atoms with Crippen molar-refractivity contribution < 1.29 is 19.1 Å². The topological polar surface area (TPSA) is 78.4 Å². The summed E-state index contributed by atoms with van der Waals surface area (Å²) in [5, 5.41) is 0.479. The Morgan fingerprint density at radius 1 is 1.32 bits per heavy atom. The van der Waals surface area contributed by atoms with Crippen LogP contribution in [0.2, 0.25) is 0 Å². The molecular weight excluding hydrogens is 304 g/mol. The summed E-state index contributed by atoms with van der Waals surface area (Å²) in [7, 11) is 0. The Kier molecular flexibility index (Phi) is 5.48. The molecule has 0 amide bonds. The van der Waals surface area contributed by atoms with Crippen LogP contribution in [0.1, 0.15) is 27.6 Å². The number of hydrogen-bond donors (Lipinski definition) is 0. The summed E-state index contributed by atoms with van der Waals surface area (Å²) in [4.78, 5) is 30.8. The van der Waals surface area contributed by atoms with Gasteiger partial charge in [-0.05, 0) is 37.4 Å². The summed E-state index contributed by atoms with van der Waals surface area (Å²) in [5.74, 6) is 0.0354. The van der Waals surface area contributed by atoms with E-state index in [2.05, 4.69) is 9.97 Å². The van der Waals surface area contributed by atoms with Crippen LogP contribution in [-0.2, 0) is 4.74 Å². The molecule has 0 saturated heterocycles. The van der Waals surface area contributed by atoms with E-state index < -0.39 is 5.97 Å². The summed E-state index contributed by atoms with van der Waals surface area (Å²) >= 11 is 1.33. The fourth-order valence-electron chi connectivity index (χ4n) is 1.60. The zero-order valence-electron chi connectivity index (χ0n) is 12.1. The van der Waals surface area contributed by atoms with Crippen molar-refractivity contribution in [2.45, 2.75) is 12.1 Å². The molecule has 114 valence electrons. The van der Waals surface area contributed by atoms with Crippen molar-refractivity contribution in [1.82, 2.24) is 9.97 Å². The van der Waals surface area contributed by atoms with Gasteiger partial charge in [-0.2, -0.15) is 4.98 Å². The monoisotopic (exact) mass is 318 g/mol. The molecule has 1 aromatic carbocycles. The molecule has 0 aliphatic heterocycles. The Bertz CT molecular complexity index is 674. The summed E-state index contributed by atoms with van der Waals surface area (Å²) < 4.78 is 10.6. The van der Waals surface area contributed by atoms with Gasteiger partial charge >= 0.3 is 5.97 Å². The van der Waals surface area contributed by atoms with E-state index in [1.165, 1.54) is 18.0 Å². The van der Waals surface area contributed by atoms with Crippen LogP contribution in [-0.4, -0.2) is 35.1 Å². The number of esters is 1. The lowest BCUT2D eigenvalue weighted by Gasteiger charge is -2.10. The molecule has 0 aliphatic rings. The number of nitrogens with zero attached hydrogens (tertiary/aromatic N) is 2. The zero-order chi connectivity index (χ0) is 15.9. The third-order valence-corrected chi connectivity index (χ3v) is 3.20. The van der Waals surface area contributed by atoms with Crippen LogP contribution in [0.25, 0.3) is 0 Å². The van der Waals surface area contributed by atoms with Crippen molar-refractivity contribution in [3.8, 4) is 11.6 Å². The molecule has 0 radical (unpaired) electrons. The average Bonchev–Trinajstić information content (AvgIpc) is 2.55. The molecule has 1 heterocycles. The summed E-state index contributed by atoms with van der Waals surface area (Å²) in [6, 6.07) is 6.48. The van der Waals surface area contributed by atoms with Gasteiger partial charge in [0.05, 0.1) is 6.61 Å². The second kappa shape index (κ2) is 7.56. The number of aromatic nitrogens is 2. The van der Waals surface area contributed by atoms with Crippen LogP contribution in [0.15, 0.2) is 35.6 Å². The molecular formula is C15H14N2O4S. The molecule has 0 spiro atoms. The molecule has 6 nitrogen and oxygen atoms in total. The van der Waals surface area contributed by atoms with Gasteiger partial charge in [0.1, 0.15) is 17.6 Å². The third kappa shape index (κ3) is 3.82. The first kappa shape index (κ1) is 16.0. The lowest BCUT2D eigenvalue weighted by Crippen LogP contribution is -2.09. The predicted molar refractivity (Wildman–Crippen MR) is 81.7 cm³/mol. The minimum Gasteiger partial charge on any atom is -0.462 e. The normalized spacial score (nSPS) is 10.1. The highest BCUT2D eigenvalue weighted by Crippen LogP contribution is 2.25. The van der Waals surface area contributed by atoms with Gasteiger partial charge in [0.15, 0.2) is 5.16 Å². The highest BCUT2D eigenvalue weighted by Gasteiger charge is 2.18. The molecule has 1 aromatic heterocycles. The lowest BCUT2D eigenvalue weighted by molar-refractivity contribution is 0.0521. The number of rotatable bonds is 6. The predicted octanol–water partition coefficient (Wildman–Crippen LogP) is 2.98. The van der Waals surface area contributed by atoms with Gasteiger partial charge < -0.3 is 9.47 Å². The molecule has 0 aliphatic carbocycles. The summed E-state index contributed by atoms with van der Waals surface area (Å²) in [6.45, 7) is 1.96. The van der Waals surface area contributed by atoms with E-state index in [0.717, 1.165) is 6.29 Å². The van der Waals surface area contributed by atoms with Crippen molar-refractivity contribution in [2.24, 2.45) is 0 Å². The van der Waals surface area contributed by atoms with Crippen LogP contribution in [0.4, 0.5) is 0 Å². The van der Waals surface area contributed by atoms with Crippen LogP contribution >= 0.6 is 11.8 Å². The number of ether oxygens (including phenoxy) is 2. The van der Waals surface area contributed by atoms with Gasteiger partial charge in [-0.1, -0.05) is 11.8 Å². The van der Waals surface area contributed by atoms with Crippen LogP contribution in [0, 0.1) is 0 Å². The number of hydrogen-bond acceptors (Lipinski definition) is 7. The van der Waals surface area contributed by atoms with Gasteiger partial charge in [0, 0.05) is 11.8 Å². The first-order valence-electron chi connectivity index (χ1n) is 6.49. The van der Waals surface area contributed by atoms with Gasteiger partial charge in [0.2, 0.25) is 5.88 Å². The lowest BCUT2D eigenvalue weighted by atomic mass is 10.2. The Morgan fingerprint density at radius 3 is 2.64 bits per heavy atom. The number of aldehydes is 1. The second-order valence-electron chi connectivity index (χ2n) is 4.08. The first-order valence-corrected chi connectivity index (χ1v) is 7.71. The van der Waals surface area contributed by atoms with Gasteiger partial charge in [-0.25, -0.2) is 9.78 Å². The van der Waals surface area contributed by atoms with E-state index >= 15 is 0 Å². The van der Waals surface area contributed by atoms with E-state index in [4.69, 9.17) is 9.47 Å². The fraction of sp³-hybridized carbons (Fsp3) is 0.200. The molecule has 0 N–H and O–H groups in total.